The molecule has 0 unspecified atom stereocenters. The van der Waals surface area contributed by atoms with Crippen LogP contribution >= 0.6 is 27.3 Å². The van der Waals surface area contributed by atoms with E-state index in [1.165, 1.54) is 11.3 Å². The van der Waals surface area contributed by atoms with Gasteiger partial charge in [0, 0.05) is 15.5 Å². The van der Waals surface area contributed by atoms with Crippen molar-refractivity contribution in [3.8, 4) is 0 Å². The molecule has 0 aliphatic heterocycles. The number of nitrogens with one attached hydrogen (secondary N) is 1. The average molecular weight is 338 g/mol. The Morgan fingerprint density at radius 1 is 1.33 bits per heavy atom. The number of hydrogen-bond donors (Lipinski definition) is 1. The van der Waals surface area contributed by atoms with Crippen molar-refractivity contribution in [1.82, 2.24) is 9.97 Å². The molecule has 0 amide bonds. The normalized spacial score (nSPS) is 11.6. The SMILES string of the molecule is FC(F)(F)c1ccnc(NCc2sccc2Br)n1. The first-order chi connectivity index (χ1) is 8.47. The lowest BCUT2D eigenvalue weighted by Crippen LogP contribution is -2.11. The lowest BCUT2D eigenvalue weighted by molar-refractivity contribution is -0.141. The van der Waals surface area contributed by atoms with E-state index in [2.05, 4.69) is 31.2 Å². The second-order valence-electron chi connectivity index (χ2n) is 3.31. The first kappa shape index (κ1) is 13.3. The summed E-state index contributed by atoms with van der Waals surface area (Å²) < 4.78 is 38.2. The number of alkyl halides is 3. The third-order valence-electron chi connectivity index (χ3n) is 2.04. The molecule has 0 aliphatic carbocycles. The summed E-state index contributed by atoms with van der Waals surface area (Å²) >= 11 is 4.83. The van der Waals surface area contributed by atoms with Gasteiger partial charge in [0.15, 0.2) is 0 Å². The Kier molecular flexibility index (Phi) is 3.86. The van der Waals surface area contributed by atoms with Crippen molar-refractivity contribution < 1.29 is 13.2 Å². The highest BCUT2D eigenvalue weighted by atomic mass is 79.9. The zero-order chi connectivity index (χ0) is 13.2. The molecular weight excluding hydrogens is 331 g/mol. The lowest BCUT2D eigenvalue weighted by atomic mass is 10.4. The third kappa shape index (κ3) is 3.20. The van der Waals surface area contributed by atoms with Gasteiger partial charge in [0.2, 0.25) is 5.95 Å². The van der Waals surface area contributed by atoms with E-state index in [9.17, 15) is 13.2 Å². The number of aromatic nitrogens is 2. The molecular formula is C10H7BrF3N3S. The van der Waals surface area contributed by atoms with E-state index >= 15 is 0 Å². The van der Waals surface area contributed by atoms with E-state index in [1.54, 1.807) is 0 Å². The molecule has 0 saturated carbocycles. The van der Waals surface area contributed by atoms with Crippen molar-refractivity contribution in [3.63, 3.8) is 0 Å². The number of nitrogens with zero attached hydrogens (tertiary/aromatic N) is 2. The molecule has 0 radical (unpaired) electrons. The highest BCUT2D eigenvalue weighted by Gasteiger charge is 2.32. The predicted octanol–water partition coefficient (Wildman–Crippen LogP) is 3.93. The van der Waals surface area contributed by atoms with Crippen molar-refractivity contribution >= 4 is 33.2 Å². The monoisotopic (exact) mass is 337 g/mol. The zero-order valence-electron chi connectivity index (χ0n) is 8.83. The molecule has 96 valence electrons. The van der Waals surface area contributed by atoms with Crippen LogP contribution in [0, 0.1) is 0 Å². The van der Waals surface area contributed by atoms with Gasteiger partial charge in [-0.3, -0.25) is 0 Å². The molecule has 8 heteroatoms. The molecule has 2 aromatic rings. The number of halogens is 4. The van der Waals surface area contributed by atoms with Crippen molar-refractivity contribution in [2.24, 2.45) is 0 Å². The largest absolute Gasteiger partial charge is 0.433 e. The van der Waals surface area contributed by atoms with Gasteiger partial charge in [0.1, 0.15) is 5.69 Å². The molecule has 18 heavy (non-hydrogen) atoms. The fourth-order valence-electron chi connectivity index (χ4n) is 1.21. The molecule has 0 bridgehead atoms. The van der Waals surface area contributed by atoms with E-state index in [1.807, 2.05) is 11.4 Å². The second kappa shape index (κ2) is 5.23. The summed E-state index contributed by atoms with van der Waals surface area (Å²) in [4.78, 5) is 8.13. The molecule has 2 aromatic heterocycles. The van der Waals surface area contributed by atoms with Gasteiger partial charge in [0.25, 0.3) is 0 Å². The number of anilines is 1. The molecule has 0 saturated heterocycles. The maximum absolute atomic E-state index is 12.4. The van der Waals surface area contributed by atoms with Crippen molar-refractivity contribution in [2.75, 3.05) is 5.32 Å². The van der Waals surface area contributed by atoms with Gasteiger partial charge in [-0.2, -0.15) is 13.2 Å². The molecule has 0 aromatic carbocycles. The van der Waals surface area contributed by atoms with E-state index in [0.717, 1.165) is 21.6 Å². The summed E-state index contributed by atoms with van der Waals surface area (Å²) in [6.07, 6.45) is -3.37. The number of hydrogen-bond acceptors (Lipinski definition) is 4. The maximum atomic E-state index is 12.4. The Hall–Kier alpha value is -1.15. The standard InChI is InChI=1S/C10H7BrF3N3S/c11-6-2-4-18-7(6)5-16-9-15-3-1-8(17-9)10(12,13)14/h1-4H,5H2,(H,15,16,17). The first-order valence-corrected chi connectivity index (χ1v) is 6.50. The Morgan fingerprint density at radius 3 is 2.72 bits per heavy atom. The van der Waals surface area contributed by atoms with Crippen LogP contribution in [0.2, 0.25) is 0 Å². The van der Waals surface area contributed by atoms with E-state index in [4.69, 9.17) is 0 Å². The van der Waals surface area contributed by atoms with E-state index < -0.39 is 11.9 Å². The third-order valence-corrected chi connectivity index (χ3v) is 3.97. The van der Waals surface area contributed by atoms with Gasteiger partial charge < -0.3 is 5.32 Å². The highest BCUT2D eigenvalue weighted by molar-refractivity contribution is 9.10. The summed E-state index contributed by atoms with van der Waals surface area (Å²) in [7, 11) is 0. The van der Waals surface area contributed by atoms with Gasteiger partial charge in [-0.15, -0.1) is 11.3 Å². The van der Waals surface area contributed by atoms with Crippen molar-refractivity contribution in [2.45, 2.75) is 12.7 Å². The minimum atomic E-state index is -4.46. The smallest absolute Gasteiger partial charge is 0.349 e. The fourth-order valence-corrected chi connectivity index (χ4v) is 2.64. The fraction of sp³-hybridized carbons (Fsp3) is 0.200. The van der Waals surface area contributed by atoms with E-state index in [0.29, 0.717) is 6.54 Å². The predicted molar refractivity (Wildman–Crippen MR) is 66.4 cm³/mol. The molecule has 1 N–H and O–H groups in total. The topological polar surface area (TPSA) is 37.8 Å². The lowest BCUT2D eigenvalue weighted by Gasteiger charge is -2.08. The summed E-state index contributed by atoms with van der Waals surface area (Å²) in [5.41, 5.74) is -0.953. The summed E-state index contributed by atoms with van der Waals surface area (Å²) in [6.45, 7) is 0.375. The van der Waals surface area contributed by atoms with Gasteiger partial charge in [0.05, 0.1) is 6.54 Å². The number of thiophene rings is 1. The minimum absolute atomic E-state index is 0.0369. The van der Waals surface area contributed by atoms with Crippen LogP contribution in [0.3, 0.4) is 0 Å². The summed E-state index contributed by atoms with van der Waals surface area (Å²) in [5.74, 6) is -0.0369. The molecule has 3 nitrogen and oxygen atoms in total. The Labute approximate surface area is 113 Å². The first-order valence-electron chi connectivity index (χ1n) is 4.83. The van der Waals surface area contributed by atoms with Crippen LogP contribution in [0.5, 0.6) is 0 Å². The summed E-state index contributed by atoms with van der Waals surface area (Å²) in [6, 6.07) is 2.71. The zero-order valence-corrected chi connectivity index (χ0v) is 11.2. The second-order valence-corrected chi connectivity index (χ2v) is 5.16. The van der Waals surface area contributed by atoms with Gasteiger partial charge >= 0.3 is 6.18 Å². The summed E-state index contributed by atoms with van der Waals surface area (Å²) in [5, 5.41) is 4.64. The Balaban J connectivity index is 2.09. The van der Waals surface area contributed by atoms with Crippen LogP contribution < -0.4 is 5.32 Å². The van der Waals surface area contributed by atoms with Crippen LogP contribution in [0.15, 0.2) is 28.2 Å². The molecule has 2 heterocycles. The molecule has 0 fully saturated rings. The quantitative estimate of drug-likeness (QED) is 0.921. The maximum Gasteiger partial charge on any atom is 0.433 e. The minimum Gasteiger partial charge on any atom is -0.349 e. The van der Waals surface area contributed by atoms with Crippen LogP contribution in [0.1, 0.15) is 10.6 Å². The van der Waals surface area contributed by atoms with Crippen LogP contribution in [0.25, 0.3) is 0 Å². The molecule has 0 spiro atoms. The van der Waals surface area contributed by atoms with Crippen molar-refractivity contribution in [1.29, 1.82) is 0 Å². The average Bonchev–Trinajstić information content (AvgIpc) is 2.72. The number of rotatable bonds is 3. The molecule has 0 atom stereocenters. The molecule has 0 aliphatic rings. The van der Waals surface area contributed by atoms with Crippen molar-refractivity contribution in [3.05, 3.63) is 38.8 Å². The van der Waals surface area contributed by atoms with Gasteiger partial charge in [-0.1, -0.05) is 0 Å². The van der Waals surface area contributed by atoms with Crippen LogP contribution in [-0.2, 0) is 12.7 Å². The molecule has 2 rings (SSSR count). The van der Waals surface area contributed by atoms with Crippen LogP contribution in [-0.4, -0.2) is 9.97 Å². The van der Waals surface area contributed by atoms with Gasteiger partial charge in [-0.25, -0.2) is 9.97 Å². The van der Waals surface area contributed by atoms with E-state index in [-0.39, 0.29) is 5.95 Å². The van der Waals surface area contributed by atoms with Gasteiger partial charge in [-0.05, 0) is 33.4 Å². The highest BCUT2D eigenvalue weighted by Crippen LogP contribution is 2.28. The van der Waals surface area contributed by atoms with Crippen LogP contribution in [0.4, 0.5) is 19.1 Å². The Bertz CT molecular complexity index is 541. The Morgan fingerprint density at radius 2 is 2.11 bits per heavy atom.